The molecule has 2 aromatic rings. The number of esters is 1. The Bertz CT molecular complexity index is 2750. The normalized spacial score (nSPS) is 24.5. The van der Waals surface area contributed by atoms with Crippen LogP contribution >= 0.6 is 0 Å². The zero-order chi connectivity index (χ0) is 66.6. The van der Waals surface area contributed by atoms with Crippen molar-refractivity contribution in [3.05, 3.63) is 71.8 Å². The molecule has 31 heteroatoms. The maximum absolute atomic E-state index is 14.6. The summed E-state index contributed by atoms with van der Waals surface area (Å²) >= 11 is 0. The van der Waals surface area contributed by atoms with Crippen molar-refractivity contribution < 1.29 is 72.5 Å². The summed E-state index contributed by atoms with van der Waals surface area (Å²) in [6, 6.07) is 2.16. The van der Waals surface area contributed by atoms with Gasteiger partial charge in [-0.2, -0.15) is 0 Å². The van der Waals surface area contributed by atoms with E-state index in [4.69, 9.17) is 33.4 Å². The summed E-state index contributed by atoms with van der Waals surface area (Å²) in [7, 11) is 0. The lowest BCUT2D eigenvalue weighted by molar-refractivity contribution is -0.158. The molecule has 11 amide bonds. The van der Waals surface area contributed by atoms with E-state index in [0.717, 1.165) is 12.5 Å². The summed E-state index contributed by atoms with van der Waals surface area (Å²) in [6.07, 6.45) is -4.89. The molecular weight excluding hydrogens is 1170 g/mol. The predicted molar refractivity (Wildman–Crippen MR) is 327 cm³/mol. The number of ether oxygens (including phenoxy) is 1. The van der Waals surface area contributed by atoms with Crippen LogP contribution < -0.4 is 87.2 Å². The molecule has 2 saturated heterocycles. The van der Waals surface area contributed by atoms with Gasteiger partial charge in [0.05, 0.1) is 18.8 Å². The van der Waals surface area contributed by atoms with E-state index in [-0.39, 0.29) is 103 Å². The number of nitrogens with two attached hydrogens (primary N) is 5. The van der Waals surface area contributed by atoms with Gasteiger partial charge in [-0.05, 0) is 115 Å². The molecule has 31 nitrogen and oxygen atoms in total. The number of aliphatic hydroxyl groups is 2. The zero-order valence-corrected chi connectivity index (χ0v) is 51.3. The van der Waals surface area contributed by atoms with Crippen LogP contribution in [0.4, 0.5) is 0 Å². The molecular formula is C59H92N16O15. The topological polar surface area (TPSA) is 517 Å². The summed E-state index contributed by atoms with van der Waals surface area (Å²) in [5.41, 5.74) is 30.8. The lowest BCUT2D eigenvalue weighted by Gasteiger charge is -2.30. The van der Waals surface area contributed by atoms with E-state index in [1.807, 2.05) is 12.1 Å². The number of rotatable bonds is 25. The van der Waals surface area contributed by atoms with Crippen LogP contribution in [0.25, 0.3) is 0 Å². The first-order valence-corrected chi connectivity index (χ1v) is 30.3. The quantitative estimate of drug-likeness (QED) is 0.0325. The van der Waals surface area contributed by atoms with Crippen molar-refractivity contribution in [3.8, 4) is 0 Å². The zero-order valence-electron chi connectivity index (χ0n) is 51.3. The molecule has 0 aromatic heterocycles. The first-order chi connectivity index (χ1) is 42.8. The van der Waals surface area contributed by atoms with Crippen LogP contribution in [0.2, 0.25) is 0 Å². The number of carbonyl (C=O) groups is 12. The molecule has 0 radical (unpaired) electrons. The fraction of sp³-hybridized carbons (Fsp3) is 0.593. The molecule has 0 saturated carbocycles. The monoisotopic (exact) mass is 1260 g/mol. The number of carbonyl (C=O) groups excluding carboxylic acids is 12. The van der Waals surface area contributed by atoms with E-state index in [1.165, 1.54) is 6.92 Å². The van der Waals surface area contributed by atoms with Crippen molar-refractivity contribution in [3.63, 3.8) is 0 Å². The van der Waals surface area contributed by atoms with Crippen molar-refractivity contribution >= 4 is 70.9 Å². The molecule has 498 valence electrons. The molecule has 0 bridgehead atoms. The van der Waals surface area contributed by atoms with Gasteiger partial charge in [0.25, 0.3) is 0 Å². The van der Waals surface area contributed by atoms with E-state index in [1.54, 1.807) is 62.4 Å². The van der Waals surface area contributed by atoms with E-state index in [2.05, 4.69) is 58.5 Å². The Morgan fingerprint density at radius 3 is 1.58 bits per heavy atom. The lowest BCUT2D eigenvalue weighted by atomic mass is 9.86. The molecule has 0 spiro atoms. The predicted octanol–water partition coefficient (Wildman–Crippen LogP) is -6.50. The van der Waals surface area contributed by atoms with Gasteiger partial charge >= 0.3 is 5.97 Å². The highest BCUT2D eigenvalue weighted by molar-refractivity contribution is 6.02. The van der Waals surface area contributed by atoms with Crippen molar-refractivity contribution in [2.24, 2.45) is 40.5 Å². The number of hydrogen-bond acceptors (Lipinski definition) is 20. The number of amides is 11. The Balaban J connectivity index is 1.69. The minimum Gasteiger partial charge on any atom is -0.464 e. The van der Waals surface area contributed by atoms with E-state index < -0.39 is 162 Å². The maximum atomic E-state index is 14.6. The van der Waals surface area contributed by atoms with Crippen LogP contribution in [-0.2, 0) is 68.7 Å². The minimum absolute atomic E-state index is 0.0300. The van der Waals surface area contributed by atoms with Crippen LogP contribution in [0.15, 0.2) is 60.7 Å². The highest BCUT2D eigenvalue weighted by atomic mass is 16.5. The molecule has 0 aliphatic carbocycles. The Kier molecular flexibility index (Phi) is 31.1. The van der Waals surface area contributed by atoms with Gasteiger partial charge < -0.3 is 102 Å². The van der Waals surface area contributed by atoms with Crippen molar-refractivity contribution in [1.82, 2.24) is 58.5 Å². The molecule has 2 aliphatic heterocycles. The van der Waals surface area contributed by atoms with Crippen molar-refractivity contribution in [1.29, 1.82) is 0 Å². The van der Waals surface area contributed by atoms with Gasteiger partial charge in [-0.1, -0.05) is 74.5 Å². The van der Waals surface area contributed by atoms with E-state index in [0.29, 0.717) is 5.56 Å². The van der Waals surface area contributed by atoms with Crippen LogP contribution in [0, 0.1) is 11.8 Å². The van der Waals surface area contributed by atoms with Crippen LogP contribution in [-0.4, -0.2) is 200 Å². The summed E-state index contributed by atoms with van der Waals surface area (Å²) in [5.74, 6) is -13.3. The number of benzene rings is 2. The summed E-state index contributed by atoms with van der Waals surface area (Å²) in [6.45, 7) is 4.50. The Labute approximate surface area is 522 Å². The van der Waals surface area contributed by atoms with Gasteiger partial charge in [0.1, 0.15) is 66.3 Å². The molecule has 2 aromatic carbocycles. The number of hydrogen-bond donors (Lipinski definition) is 18. The Morgan fingerprint density at radius 2 is 1.06 bits per heavy atom. The standard InChI is InChI=1S/C59H92N16O15/c1-31(2)27-44-55(85)69-38(15-21-60)49(79)68-42(19-25-64)54(84)74-46(32(3)76)57(87)65-26-20-43(52(82)67-39(16-22-61)51(81)73-45(56(86)72-44)28-34-11-7-5-8-12-34)70-50(80)40(17-23-62)71-58(88)47(33(4)77)75-53(83)41(18-24-63)66-48(78)37-29-36(30-90-59(37)89)35-13-9-6-10-14-35/h5-14,31-33,36-47,76-77H,15-30,60-64H2,1-4H3,(H,65,87)(H,66,78)(H,67,82)(H,68,79)(H,69,85)(H,70,80)(H,71,88)(H,72,86)(H,73,81)(H,74,84)(H,75,83)/t32?,33?,36?,37?,38-,39-,40-,41-,42-,43-,44-,45+,46-,47-/m0/s1. The second kappa shape index (κ2) is 37.7. The highest BCUT2D eigenvalue weighted by Crippen LogP contribution is 2.30. The molecule has 2 aliphatic rings. The molecule has 14 atom stereocenters. The fourth-order valence-electron chi connectivity index (χ4n) is 10.0. The maximum Gasteiger partial charge on any atom is 0.318 e. The molecule has 2 fully saturated rings. The summed E-state index contributed by atoms with van der Waals surface area (Å²) in [4.78, 5) is 168. The average molecular weight is 1270 g/mol. The highest BCUT2D eigenvalue weighted by Gasteiger charge is 2.41. The summed E-state index contributed by atoms with van der Waals surface area (Å²) in [5, 5.41) is 49.5. The Morgan fingerprint density at radius 1 is 0.567 bits per heavy atom. The fourth-order valence-corrected chi connectivity index (χ4v) is 10.0. The van der Waals surface area contributed by atoms with Gasteiger partial charge in [0, 0.05) is 18.9 Å². The molecule has 4 rings (SSSR count). The van der Waals surface area contributed by atoms with Crippen LogP contribution in [0.1, 0.15) is 96.1 Å². The third-order valence-electron chi connectivity index (χ3n) is 15.0. The first-order valence-electron chi connectivity index (χ1n) is 30.3. The van der Waals surface area contributed by atoms with Crippen molar-refractivity contribution in [2.75, 3.05) is 45.9 Å². The number of cyclic esters (lactones) is 1. The van der Waals surface area contributed by atoms with Crippen molar-refractivity contribution in [2.45, 2.75) is 164 Å². The van der Waals surface area contributed by atoms with Gasteiger partial charge in [0.15, 0.2) is 0 Å². The number of nitrogens with one attached hydrogen (secondary N) is 11. The Hall–Kier alpha value is -8.20. The second-order valence-electron chi connectivity index (χ2n) is 22.8. The second-order valence-corrected chi connectivity index (χ2v) is 22.8. The van der Waals surface area contributed by atoms with E-state index >= 15 is 0 Å². The van der Waals surface area contributed by atoms with E-state index in [9.17, 15) is 67.7 Å². The number of aliphatic hydroxyl groups excluding tert-OH is 2. The summed E-state index contributed by atoms with van der Waals surface area (Å²) < 4.78 is 5.33. The van der Waals surface area contributed by atoms with Gasteiger partial charge in [-0.25, -0.2) is 0 Å². The largest absolute Gasteiger partial charge is 0.464 e. The van der Waals surface area contributed by atoms with Crippen LogP contribution in [0.3, 0.4) is 0 Å². The van der Waals surface area contributed by atoms with Gasteiger partial charge in [0.2, 0.25) is 65.0 Å². The minimum atomic E-state index is -1.81. The third-order valence-corrected chi connectivity index (χ3v) is 15.0. The smallest absolute Gasteiger partial charge is 0.318 e. The van der Waals surface area contributed by atoms with Gasteiger partial charge in [-0.3, -0.25) is 57.5 Å². The molecule has 2 heterocycles. The van der Waals surface area contributed by atoms with Crippen LogP contribution in [0.5, 0.6) is 0 Å². The third kappa shape index (κ3) is 23.3. The molecule has 23 N–H and O–H groups in total. The van der Waals surface area contributed by atoms with Gasteiger partial charge in [-0.15, -0.1) is 0 Å². The lowest BCUT2D eigenvalue weighted by Crippen LogP contribution is -2.62. The SMILES string of the molecule is CC(C)C[C@@H]1NC(=O)[C@@H](Cc2ccccc2)NC(=O)[C@H](CCN)NC(=O)[C@@H](NC(=O)[C@H](CCN)NC(=O)[C@@H](NC(=O)[C@H](CCN)NC(=O)C2CC(c3ccccc3)COC2=O)C(C)O)CCNC(=O)[C@H](C(C)O)NC(=O)[C@H](CCN)NC(=O)[C@H](CCN)NC1=O. The first kappa shape index (κ1) is 74.3. The molecule has 4 unspecified atom stereocenters. The average Bonchev–Trinajstić information content (AvgIpc) is 3.12. The molecule has 90 heavy (non-hydrogen) atoms.